The number of rotatable bonds is 2. The van der Waals surface area contributed by atoms with Crippen molar-refractivity contribution in [2.75, 3.05) is 31.1 Å². The van der Waals surface area contributed by atoms with Crippen LogP contribution in [0.1, 0.15) is 21.5 Å². The molecule has 0 atom stereocenters. The number of hydrogen-bond donors (Lipinski definition) is 1. The van der Waals surface area contributed by atoms with Gasteiger partial charge >= 0.3 is 6.03 Å². The Morgan fingerprint density at radius 3 is 2.31 bits per heavy atom. The summed E-state index contributed by atoms with van der Waals surface area (Å²) in [7, 11) is 0. The van der Waals surface area contributed by atoms with E-state index in [9.17, 15) is 14.0 Å². The van der Waals surface area contributed by atoms with Crippen molar-refractivity contribution in [3.63, 3.8) is 0 Å². The van der Waals surface area contributed by atoms with E-state index < -0.39 is 5.82 Å². The van der Waals surface area contributed by atoms with Crippen molar-refractivity contribution in [2.24, 2.45) is 0 Å². The van der Waals surface area contributed by atoms with Gasteiger partial charge in [-0.1, -0.05) is 24.3 Å². The Bertz CT molecular complexity index is 841. The lowest BCUT2D eigenvalue weighted by atomic mass is 10.0. The monoisotopic (exact) mass is 353 g/mol. The molecule has 3 amide bonds. The van der Waals surface area contributed by atoms with E-state index in [-0.39, 0.29) is 17.5 Å². The molecular weight excluding hydrogens is 333 g/mol. The van der Waals surface area contributed by atoms with Crippen LogP contribution in [0.4, 0.5) is 14.9 Å². The van der Waals surface area contributed by atoms with Crippen LogP contribution in [0, 0.1) is 5.82 Å². The van der Waals surface area contributed by atoms with E-state index in [4.69, 9.17) is 0 Å². The van der Waals surface area contributed by atoms with Crippen LogP contribution < -0.4 is 10.2 Å². The molecule has 1 N–H and O–H groups in total. The lowest BCUT2D eigenvalue weighted by Crippen LogP contribution is -2.34. The Hall–Kier alpha value is -2.89. The molecule has 0 aliphatic carbocycles. The minimum Gasteiger partial charge on any atom is -0.338 e. The number of amides is 3. The van der Waals surface area contributed by atoms with Crippen molar-refractivity contribution in [1.82, 2.24) is 10.2 Å². The lowest BCUT2D eigenvalue weighted by Gasteiger charge is -2.22. The topological polar surface area (TPSA) is 52.7 Å². The summed E-state index contributed by atoms with van der Waals surface area (Å²) in [5.41, 5.74) is 3.05. The first kappa shape index (κ1) is 16.6. The van der Waals surface area contributed by atoms with Gasteiger partial charge in [0.1, 0.15) is 5.82 Å². The molecule has 26 heavy (non-hydrogen) atoms. The summed E-state index contributed by atoms with van der Waals surface area (Å²) >= 11 is 0. The van der Waals surface area contributed by atoms with Gasteiger partial charge in [-0.05, 0) is 42.2 Å². The van der Waals surface area contributed by atoms with Crippen LogP contribution in [0.5, 0.6) is 0 Å². The summed E-state index contributed by atoms with van der Waals surface area (Å²) in [6, 6.07) is 12.2. The molecule has 2 aliphatic heterocycles. The number of halogens is 1. The van der Waals surface area contributed by atoms with Gasteiger partial charge in [-0.2, -0.15) is 0 Å². The van der Waals surface area contributed by atoms with Gasteiger partial charge in [0.2, 0.25) is 0 Å². The number of hydrogen-bond acceptors (Lipinski definition) is 2. The van der Waals surface area contributed by atoms with Crippen LogP contribution in [-0.2, 0) is 12.8 Å². The minimum absolute atomic E-state index is 0.0214. The predicted molar refractivity (Wildman–Crippen MR) is 96.9 cm³/mol. The van der Waals surface area contributed by atoms with Gasteiger partial charge in [-0.3, -0.25) is 9.69 Å². The summed E-state index contributed by atoms with van der Waals surface area (Å²) in [6.07, 6.45) is 1.52. The third-order valence-electron chi connectivity index (χ3n) is 5.06. The molecule has 0 unspecified atom stereocenters. The molecule has 2 heterocycles. The van der Waals surface area contributed by atoms with E-state index in [1.54, 1.807) is 4.90 Å². The van der Waals surface area contributed by atoms with Crippen molar-refractivity contribution >= 4 is 17.6 Å². The number of carbonyl (C=O) groups excluding carboxylic acids is 2. The zero-order chi connectivity index (χ0) is 18.1. The lowest BCUT2D eigenvalue weighted by molar-refractivity contribution is 0.0758. The van der Waals surface area contributed by atoms with E-state index in [1.807, 2.05) is 12.1 Å². The number of nitrogens with one attached hydrogen (secondary N) is 1. The smallest absolute Gasteiger partial charge is 0.321 e. The zero-order valence-corrected chi connectivity index (χ0v) is 14.4. The molecule has 0 spiro atoms. The molecule has 0 bridgehead atoms. The van der Waals surface area contributed by atoms with Crippen molar-refractivity contribution in [3.8, 4) is 0 Å². The highest BCUT2D eigenvalue weighted by Crippen LogP contribution is 2.23. The Morgan fingerprint density at radius 1 is 1.00 bits per heavy atom. The van der Waals surface area contributed by atoms with Gasteiger partial charge in [0.25, 0.3) is 5.91 Å². The Labute approximate surface area is 151 Å². The summed E-state index contributed by atoms with van der Waals surface area (Å²) < 4.78 is 14.4. The van der Waals surface area contributed by atoms with E-state index in [0.717, 1.165) is 12.8 Å². The molecule has 2 aromatic carbocycles. The molecule has 1 saturated heterocycles. The predicted octanol–water partition coefficient (Wildman–Crippen LogP) is 2.60. The molecular formula is C20H20FN3O2. The summed E-state index contributed by atoms with van der Waals surface area (Å²) in [6.45, 7) is 2.18. The number of anilines is 1. The molecule has 2 aromatic rings. The van der Waals surface area contributed by atoms with Crippen molar-refractivity contribution in [2.45, 2.75) is 12.8 Å². The van der Waals surface area contributed by atoms with Crippen LogP contribution >= 0.6 is 0 Å². The molecule has 1 fully saturated rings. The summed E-state index contributed by atoms with van der Waals surface area (Å²) in [4.78, 5) is 28.0. The summed E-state index contributed by atoms with van der Waals surface area (Å²) in [5.74, 6) is -0.878. The van der Waals surface area contributed by atoms with Crippen LogP contribution in [-0.4, -0.2) is 43.0 Å². The highest BCUT2D eigenvalue weighted by atomic mass is 19.1. The average molecular weight is 353 g/mol. The number of nitrogens with zero attached hydrogens (tertiary/aromatic N) is 2. The first-order valence-corrected chi connectivity index (χ1v) is 8.84. The van der Waals surface area contributed by atoms with Gasteiger partial charge in [0, 0.05) is 31.9 Å². The Morgan fingerprint density at radius 2 is 1.69 bits per heavy atom. The molecule has 0 saturated carbocycles. The number of benzene rings is 2. The molecule has 0 aromatic heterocycles. The van der Waals surface area contributed by atoms with Gasteiger partial charge in [-0.25, -0.2) is 9.18 Å². The standard InChI is InChI=1S/C20H20FN3O2/c21-18-6-5-16(24-12-9-22-20(24)26)13-17(18)19(25)23-10-7-14-3-1-2-4-15(14)8-11-23/h1-6,13H,7-12H2,(H,22,26). The normalized spacial score (nSPS) is 16.9. The minimum atomic E-state index is -0.555. The number of urea groups is 1. The second-order valence-corrected chi connectivity index (χ2v) is 6.61. The third-order valence-corrected chi connectivity index (χ3v) is 5.06. The van der Waals surface area contributed by atoms with Crippen LogP contribution in [0.25, 0.3) is 0 Å². The maximum atomic E-state index is 14.4. The molecule has 0 radical (unpaired) electrons. The van der Waals surface area contributed by atoms with Crippen molar-refractivity contribution in [1.29, 1.82) is 0 Å². The maximum absolute atomic E-state index is 14.4. The van der Waals surface area contributed by atoms with Crippen LogP contribution in [0.15, 0.2) is 42.5 Å². The quantitative estimate of drug-likeness (QED) is 0.902. The van der Waals surface area contributed by atoms with Gasteiger partial charge in [-0.15, -0.1) is 0 Å². The van der Waals surface area contributed by atoms with E-state index >= 15 is 0 Å². The fourth-order valence-electron chi connectivity index (χ4n) is 3.60. The molecule has 6 heteroatoms. The highest BCUT2D eigenvalue weighted by Gasteiger charge is 2.26. The van der Waals surface area contributed by atoms with Gasteiger partial charge in [0.15, 0.2) is 0 Å². The van der Waals surface area contributed by atoms with E-state index in [1.165, 1.54) is 34.2 Å². The largest absolute Gasteiger partial charge is 0.338 e. The average Bonchev–Trinajstić information content (AvgIpc) is 2.96. The number of fused-ring (bicyclic) bond motifs is 1. The Kier molecular flexibility index (Phi) is 4.32. The van der Waals surface area contributed by atoms with E-state index in [0.29, 0.717) is 31.9 Å². The second kappa shape index (κ2) is 6.78. The summed E-state index contributed by atoms with van der Waals surface area (Å²) in [5, 5.41) is 2.71. The first-order chi connectivity index (χ1) is 12.6. The van der Waals surface area contributed by atoms with E-state index in [2.05, 4.69) is 17.4 Å². The zero-order valence-electron chi connectivity index (χ0n) is 14.4. The third kappa shape index (κ3) is 3.03. The first-order valence-electron chi connectivity index (χ1n) is 8.84. The van der Waals surface area contributed by atoms with Gasteiger partial charge < -0.3 is 10.2 Å². The second-order valence-electron chi connectivity index (χ2n) is 6.61. The number of carbonyl (C=O) groups is 2. The van der Waals surface area contributed by atoms with Crippen LogP contribution in [0.2, 0.25) is 0 Å². The fraction of sp³-hybridized carbons (Fsp3) is 0.300. The fourth-order valence-corrected chi connectivity index (χ4v) is 3.60. The SMILES string of the molecule is O=C(c1cc(N2CCNC2=O)ccc1F)N1CCc2ccccc2CC1. The molecule has 5 nitrogen and oxygen atoms in total. The Balaban J connectivity index is 1.57. The van der Waals surface area contributed by atoms with Crippen molar-refractivity contribution < 1.29 is 14.0 Å². The van der Waals surface area contributed by atoms with Gasteiger partial charge in [0.05, 0.1) is 5.56 Å². The maximum Gasteiger partial charge on any atom is 0.321 e. The molecule has 134 valence electrons. The van der Waals surface area contributed by atoms with Crippen LogP contribution in [0.3, 0.4) is 0 Å². The highest BCUT2D eigenvalue weighted by molar-refractivity contribution is 5.98. The molecule has 2 aliphatic rings. The molecule has 4 rings (SSSR count). The van der Waals surface area contributed by atoms with Crippen molar-refractivity contribution in [3.05, 3.63) is 65.0 Å².